The van der Waals surface area contributed by atoms with Crippen LogP contribution in [0.4, 0.5) is 15.3 Å². The van der Waals surface area contributed by atoms with Gasteiger partial charge in [0.15, 0.2) is 0 Å². The van der Waals surface area contributed by atoms with Crippen LogP contribution in [0.25, 0.3) is 10.8 Å². The zero-order chi connectivity index (χ0) is 23.4. The Labute approximate surface area is 201 Å². The van der Waals surface area contributed by atoms with Crippen LogP contribution in [0.5, 0.6) is 5.75 Å². The minimum Gasteiger partial charge on any atom is -0.443 e. The summed E-state index contributed by atoms with van der Waals surface area (Å²) in [7, 11) is 0. The van der Waals surface area contributed by atoms with Gasteiger partial charge in [-0.3, -0.25) is 4.90 Å². The summed E-state index contributed by atoms with van der Waals surface area (Å²) in [5.74, 6) is 0.281. The standard InChI is InChI=1S/C23H27ClINO5/c1-22(2,3)30-20(27)26(13-9-12-24)17-14-18(29-21(28)31-23(4,5)6)15-10-7-8-11-16(15)19(17)25/h7-12,14H,13H2,1-6H3/b12-9+. The predicted octanol–water partition coefficient (Wildman–Crippen LogP) is 7.25. The van der Waals surface area contributed by atoms with Gasteiger partial charge in [-0.2, -0.15) is 0 Å². The molecule has 0 saturated heterocycles. The van der Waals surface area contributed by atoms with Crippen LogP contribution in [0, 0.1) is 3.57 Å². The van der Waals surface area contributed by atoms with Crippen LogP contribution in [0.1, 0.15) is 41.5 Å². The lowest BCUT2D eigenvalue weighted by Gasteiger charge is -2.28. The van der Waals surface area contributed by atoms with Crippen molar-refractivity contribution in [3.05, 3.63) is 45.5 Å². The highest BCUT2D eigenvalue weighted by molar-refractivity contribution is 14.1. The first-order valence-electron chi connectivity index (χ1n) is 9.70. The van der Waals surface area contributed by atoms with E-state index in [1.54, 1.807) is 53.7 Å². The first kappa shape index (κ1) is 25.3. The van der Waals surface area contributed by atoms with Crippen molar-refractivity contribution < 1.29 is 23.8 Å². The zero-order valence-electron chi connectivity index (χ0n) is 18.5. The summed E-state index contributed by atoms with van der Waals surface area (Å²) >= 11 is 7.89. The predicted molar refractivity (Wildman–Crippen MR) is 132 cm³/mol. The van der Waals surface area contributed by atoms with E-state index in [0.717, 1.165) is 14.3 Å². The first-order valence-corrected chi connectivity index (χ1v) is 11.2. The minimum atomic E-state index is -0.825. The summed E-state index contributed by atoms with van der Waals surface area (Å²) < 4.78 is 17.2. The molecule has 0 saturated carbocycles. The molecule has 8 heteroatoms. The molecular weight excluding hydrogens is 533 g/mol. The number of nitrogens with zero attached hydrogens (tertiary/aromatic N) is 1. The fourth-order valence-corrected chi connectivity index (χ4v) is 3.66. The van der Waals surface area contributed by atoms with Crippen molar-refractivity contribution in [2.75, 3.05) is 11.4 Å². The van der Waals surface area contributed by atoms with Crippen molar-refractivity contribution in [2.24, 2.45) is 0 Å². The van der Waals surface area contributed by atoms with Crippen LogP contribution >= 0.6 is 34.2 Å². The highest BCUT2D eigenvalue weighted by atomic mass is 127. The zero-order valence-corrected chi connectivity index (χ0v) is 21.4. The monoisotopic (exact) mass is 559 g/mol. The molecule has 168 valence electrons. The van der Waals surface area contributed by atoms with E-state index in [1.165, 1.54) is 10.4 Å². The molecule has 0 spiro atoms. The Morgan fingerprint density at radius 2 is 1.61 bits per heavy atom. The van der Waals surface area contributed by atoms with Crippen LogP contribution in [0.15, 0.2) is 41.9 Å². The lowest BCUT2D eigenvalue weighted by atomic mass is 10.1. The SMILES string of the molecule is CC(C)(C)OC(=O)Oc1cc(N(C/C=C/Cl)C(=O)OC(C)(C)C)c(I)c2ccccc12. The van der Waals surface area contributed by atoms with Gasteiger partial charge in [-0.1, -0.05) is 41.9 Å². The van der Waals surface area contributed by atoms with Crippen LogP contribution in [0.3, 0.4) is 0 Å². The fourth-order valence-electron chi connectivity index (χ4n) is 2.67. The molecule has 0 unspecified atom stereocenters. The van der Waals surface area contributed by atoms with E-state index < -0.39 is 23.5 Å². The number of carbonyl (C=O) groups is 2. The number of hydrogen-bond donors (Lipinski definition) is 0. The highest BCUT2D eigenvalue weighted by Gasteiger charge is 2.27. The van der Waals surface area contributed by atoms with Gasteiger partial charge in [0, 0.05) is 32.5 Å². The van der Waals surface area contributed by atoms with Crippen LogP contribution in [-0.4, -0.2) is 30.0 Å². The van der Waals surface area contributed by atoms with Gasteiger partial charge in [-0.15, -0.1) is 0 Å². The molecular formula is C23H27ClINO5. The number of fused-ring (bicyclic) bond motifs is 1. The number of halogens is 2. The van der Waals surface area contributed by atoms with Crippen molar-refractivity contribution in [1.29, 1.82) is 0 Å². The molecule has 0 radical (unpaired) electrons. The summed E-state index contributed by atoms with van der Waals surface area (Å²) in [4.78, 5) is 26.8. The normalized spacial score (nSPS) is 12.1. The maximum absolute atomic E-state index is 13.0. The molecule has 0 aromatic heterocycles. The molecule has 31 heavy (non-hydrogen) atoms. The van der Waals surface area contributed by atoms with Crippen LogP contribution in [0.2, 0.25) is 0 Å². The van der Waals surface area contributed by atoms with Crippen molar-refractivity contribution in [3.63, 3.8) is 0 Å². The molecule has 0 bridgehead atoms. The Morgan fingerprint density at radius 1 is 1.03 bits per heavy atom. The molecule has 0 aliphatic heterocycles. The highest BCUT2D eigenvalue weighted by Crippen LogP contribution is 2.38. The average molecular weight is 560 g/mol. The van der Waals surface area contributed by atoms with E-state index in [-0.39, 0.29) is 12.3 Å². The maximum atomic E-state index is 13.0. The molecule has 0 heterocycles. The van der Waals surface area contributed by atoms with E-state index >= 15 is 0 Å². The number of rotatable bonds is 4. The number of benzene rings is 2. The molecule has 2 aromatic rings. The quantitative estimate of drug-likeness (QED) is 0.224. The number of ether oxygens (including phenoxy) is 3. The summed E-state index contributed by atoms with van der Waals surface area (Å²) in [6, 6.07) is 9.11. The number of carbonyl (C=O) groups excluding carboxylic acids is 2. The van der Waals surface area contributed by atoms with Crippen molar-refractivity contribution in [1.82, 2.24) is 0 Å². The molecule has 2 aromatic carbocycles. The van der Waals surface area contributed by atoms with Gasteiger partial charge in [-0.25, -0.2) is 9.59 Å². The summed E-state index contributed by atoms with van der Waals surface area (Å²) in [5.41, 5.74) is 0.482. The second-order valence-electron chi connectivity index (χ2n) is 8.77. The molecule has 0 N–H and O–H groups in total. The first-order chi connectivity index (χ1) is 14.3. The maximum Gasteiger partial charge on any atom is 0.514 e. The molecule has 6 nitrogen and oxygen atoms in total. The number of hydrogen-bond acceptors (Lipinski definition) is 5. The van der Waals surface area contributed by atoms with E-state index in [4.69, 9.17) is 25.8 Å². The third-order valence-corrected chi connectivity index (χ3v) is 5.10. The average Bonchev–Trinajstić information content (AvgIpc) is 2.62. The molecule has 0 fully saturated rings. The van der Waals surface area contributed by atoms with Gasteiger partial charge in [0.05, 0.1) is 5.69 Å². The van der Waals surface area contributed by atoms with E-state index in [9.17, 15) is 9.59 Å². The van der Waals surface area contributed by atoms with E-state index in [1.807, 2.05) is 24.3 Å². The number of anilines is 1. The summed E-state index contributed by atoms with van der Waals surface area (Å²) in [5, 5.41) is 1.54. The van der Waals surface area contributed by atoms with Gasteiger partial charge >= 0.3 is 12.2 Å². The van der Waals surface area contributed by atoms with Gasteiger partial charge in [0.25, 0.3) is 0 Å². The summed E-state index contributed by atoms with van der Waals surface area (Å²) in [6.07, 6.45) is 0.262. The Kier molecular flexibility index (Phi) is 8.21. The Hall–Kier alpha value is -2.00. The Balaban J connectivity index is 2.60. The molecule has 0 aliphatic rings. The fraction of sp³-hybridized carbons (Fsp3) is 0.391. The third-order valence-electron chi connectivity index (χ3n) is 3.79. The van der Waals surface area contributed by atoms with Gasteiger partial charge < -0.3 is 14.2 Å². The Morgan fingerprint density at radius 3 is 2.16 bits per heavy atom. The van der Waals surface area contributed by atoms with E-state index in [2.05, 4.69) is 22.6 Å². The van der Waals surface area contributed by atoms with Crippen LogP contribution in [-0.2, 0) is 9.47 Å². The van der Waals surface area contributed by atoms with Crippen LogP contribution < -0.4 is 9.64 Å². The number of amides is 1. The van der Waals surface area contributed by atoms with Gasteiger partial charge in [0.1, 0.15) is 17.0 Å². The molecule has 2 rings (SSSR count). The minimum absolute atomic E-state index is 0.179. The summed E-state index contributed by atoms with van der Waals surface area (Å²) in [6.45, 7) is 10.8. The lowest BCUT2D eigenvalue weighted by Crippen LogP contribution is -2.37. The van der Waals surface area contributed by atoms with Crippen molar-refractivity contribution in [2.45, 2.75) is 52.7 Å². The molecule has 1 amide bonds. The van der Waals surface area contributed by atoms with Crippen molar-refractivity contribution in [3.8, 4) is 5.75 Å². The molecule has 0 aliphatic carbocycles. The largest absolute Gasteiger partial charge is 0.514 e. The van der Waals surface area contributed by atoms with Gasteiger partial charge in [0.2, 0.25) is 0 Å². The smallest absolute Gasteiger partial charge is 0.443 e. The van der Waals surface area contributed by atoms with E-state index in [0.29, 0.717) is 5.69 Å². The van der Waals surface area contributed by atoms with Gasteiger partial charge in [-0.05, 0) is 64.1 Å². The second kappa shape index (κ2) is 10.1. The molecule has 0 atom stereocenters. The van der Waals surface area contributed by atoms with Crippen molar-refractivity contribution >= 4 is 62.9 Å². The topological polar surface area (TPSA) is 65.1 Å². The second-order valence-corrected chi connectivity index (χ2v) is 10.1. The third kappa shape index (κ3) is 7.28. The Bertz CT molecular complexity index is 992. The lowest BCUT2D eigenvalue weighted by molar-refractivity contribution is 0.0209.